The van der Waals surface area contributed by atoms with Gasteiger partial charge in [-0.3, -0.25) is 9.69 Å². The molecule has 3 heterocycles. The van der Waals surface area contributed by atoms with Gasteiger partial charge < -0.3 is 9.73 Å². The summed E-state index contributed by atoms with van der Waals surface area (Å²) in [6.45, 7) is 6.28. The van der Waals surface area contributed by atoms with Crippen LogP contribution in [0.3, 0.4) is 0 Å². The maximum Gasteiger partial charge on any atom is 0.291 e. The van der Waals surface area contributed by atoms with Crippen molar-refractivity contribution in [3.05, 3.63) is 76.3 Å². The van der Waals surface area contributed by atoms with Crippen LogP contribution in [-0.2, 0) is 0 Å². The molecule has 0 aliphatic carbocycles. The number of hydrogen-bond donors (Lipinski definition) is 1. The molecule has 1 aliphatic rings. The largest absolute Gasteiger partial charge is 0.459 e. The number of piperidine rings is 1. The molecule has 4 nitrogen and oxygen atoms in total. The molecule has 3 aromatic rings. The molecule has 6 heteroatoms. The van der Waals surface area contributed by atoms with E-state index in [0.717, 1.165) is 46.9 Å². The second kappa shape index (κ2) is 8.51. The number of carbonyl (C=O) groups excluding carboxylic acids is 1. The number of anilines is 1. The topological polar surface area (TPSA) is 45.5 Å². The van der Waals surface area contributed by atoms with E-state index < -0.39 is 0 Å². The van der Waals surface area contributed by atoms with E-state index in [9.17, 15) is 9.18 Å². The second-order valence-electron chi connectivity index (χ2n) is 7.75. The Morgan fingerprint density at radius 1 is 1.24 bits per heavy atom. The van der Waals surface area contributed by atoms with Crippen LogP contribution in [0.2, 0.25) is 0 Å². The van der Waals surface area contributed by atoms with Crippen molar-refractivity contribution < 1.29 is 13.6 Å². The molecule has 1 aromatic carbocycles. The van der Waals surface area contributed by atoms with Crippen molar-refractivity contribution >= 4 is 22.2 Å². The fourth-order valence-corrected chi connectivity index (χ4v) is 4.87. The molecule has 1 N–H and O–H groups in total. The first-order valence-electron chi connectivity index (χ1n) is 9.96. The highest BCUT2D eigenvalue weighted by atomic mass is 32.1. The molecule has 0 saturated carbocycles. The first-order chi connectivity index (χ1) is 14.0. The van der Waals surface area contributed by atoms with Gasteiger partial charge in [-0.05, 0) is 74.7 Å². The first kappa shape index (κ1) is 19.9. The molecular formula is C23H25FN2O2S. The molecule has 0 unspecified atom stereocenters. The summed E-state index contributed by atoms with van der Waals surface area (Å²) in [6.07, 6.45) is 3.76. The lowest BCUT2D eigenvalue weighted by atomic mass is 9.92. The van der Waals surface area contributed by atoms with Crippen LogP contribution in [-0.4, -0.2) is 23.9 Å². The van der Waals surface area contributed by atoms with E-state index in [1.807, 2.05) is 19.1 Å². The van der Waals surface area contributed by atoms with Crippen LogP contribution in [0.5, 0.6) is 0 Å². The number of furan rings is 1. The fraction of sp³-hybridized carbons (Fsp3) is 0.348. The normalized spacial score (nSPS) is 16.7. The molecular weight excluding hydrogens is 387 g/mol. The Kier molecular flexibility index (Phi) is 5.83. The third kappa shape index (κ3) is 4.43. The third-order valence-electron chi connectivity index (χ3n) is 5.52. The molecule has 4 rings (SSSR count). The van der Waals surface area contributed by atoms with E-state index >= 15 is 0 Å². The number of benzene rings is 1. The van der Waals surface area contributed by atoms with Gasteiger partial charge in [0.1, 0.15) is 10.8 Å². The van der Waals surface area contributed by atoms with Crippen LogP contribution >= 0.6 is 11.3 Å². The lowest BCUT2D eigenvalue weighted by Gasteiger charge is -2.37. The Morgan fingerprint density at radius 2 is 1.97 bits per heavy atom. The van der Waals surface area contributed by atoms with Crippen LogP contribution in [0.15, 0.2) is 53.1 Å². The van der Waals surface area contributed by atoms with E-state index in [0.29, 0.717) is 5.92 Å². The fourth-order valence-electron chi connectivity index (χ4n) is 3.93. The molecule has 1 saturated heterocycles. The SMILES string of the molecule is Cc1cc([C@@H](c2ccc(F)cc2)N2CCC(C)CC2)c(NC(=O)c2ccco2)s1. The number of hydrogen-bond acceptors (Lipinski definition) is 4. The Balaban J connectivity index is 1.70. The molecule has 0 spiro atoms. The molecule has 2 aromatic heterocycles. The summed E-state index contributed by atoms with van der Waals surface area (Å²) in [7, 11) is 0. The number of aryl methyl sites for hydroxylation is 1. The Hall–Kier alpha value is -2.44. The maximum absolute atomic E-state index is 13.6. The van der Waals surface area contributed by atoms with E-state index in [4.69, 9.17) is 4.42 Å². The van der Waals surface area contributed by atoms with Crippen molar-refractivity contribution in [1.82, 2.24) is 4.90 Å². The number of rotatable bonds is 5. The third-order valence-corrected chi connectivity index (χ3v) is 6.50. The first-order valence-corrected chi connectivity index (χ1v) is 10.8. The highest BCUT2D eigenvalue weighted by Crippen LogP contribution is 2.40. The van der Waals surface area contributed by atoms with Crippen LogP contribution in [0.25, 0.3) is 0 Å². The summed E-state index contributed by atoms with van der Waals surface area (Å²) in [6, 6.07) is 12.2. The van der Waals surface area contributed by atoms with Gasteiger partial charge in [0, 0.05) is 10.4 Å². The number of nitrogens with zero attached hydrogens (tertiary/aromatic N) is 1. The molecule has 1 atom stereocenters. The molecule has 0 radical (unpaired) electrons. The minimum Gasteiger partial charge on any atom is -0.459 e. The van der Waals surface area contributed by atoms with Crippen LogP contribution < -0.4 is 5.32 Å². The quantitative estimate of drug-likeness (QED) is 0.571. The van der Waals surface area contributed by atoms with Gasteiger partial charge >= 0.3 is 0 Å². The molecule has 0 bridgehead atoms. The molecule has 1 aliphatic heterocycles. The number of carbonyl (C=O) groups is 1. The highest BCUT2D eigenvalue weighted by molar-refractivity contribution is 7.16. The van der Waals surface area contributed by atoms with Crippen molar-refractivity contribution in [2.24, 2.45) is 5.92 Å². The van der Waals surface area contributed by atoms with Gasteiger partial charge in [0.05, 0.1) is 12.3 Å². The molecule has 1 amide bonds. The summed E-state index contributed by atoms with van der Waals surface area (Å²) in [5.74, 6) is 0.491. The Bertz CT molecular complexity index is 957. The van der Waals surface area contributed by atoms with Crippen molar-refractivity contribution in [2.45, 2.75) is 32.7 Å². The zero-order valence-corrected chi connectivity index (χ0v) is 17.5. The Morgan fingerprint density at radius 3 is 2.62 bits per heavy atom. The Labute approximate surface area is 174 Å². The summed E-state index contributed by atoms with van der Waals surface area (Å²) in [5, 5.41) is 3.84. The van der Waals surface area contributed by atoms with Gasteiger partial charge in [0.2, 0.25) is 0 Å². The van der Waals surface area contributed by atoms with Gasteiger partial charge in [-0.15, -0.1) is 11.3 Å². The average molecular weight is 413 g/mol. The maximum atomic E-state index is 13.6. The highest BCUT2D eigenvalue weighted by Gasteiger charge is 2.29. The van der Waals surface area contributed by atoms with Crippen molar-refractivity contribution in [1.29, 1.82) is 0 Å². The monoisotopic (exact) mass is 412 g/mol. The zero-order valence-electron chi connectivity index (χ0n) is 16.7. The minimum atomic E-state index is -0.261. The molecule has 1 fully saturated rings. The smallest absolute Gasteiger partial charge is 0.291 e. The van der Waals surface area contributed by atoms with Gasteiger partial charge in [-0.2, -0.15) is 0 Å². The number of thiophene rings is 1. The lowest BCUT2D eigenvalue weighted by Crippen LogP contribution is -2.37. The standard InChI is InChI=1S/C23H25FN2O2S/c1-15-9-11-26(12-10-15)21(17-5-7-18(24)8-6-17)19-14-16(2)29-23(19)25-22(27)20-4-3-13-28-20/h3-8,13-15,21H,9-12H2,1-2H3,(H,25,27)/t21-/m1/s1. The zero-order chi connectivity index (χ0) is 20.4. The van der Waals surface area contributed by atoms with E-state index in [2.05, 4.69) is 23.2 Å². The number of nitrogens with one attached hydrogen (secondary N) is 1. The number of amides is 1. The lowest BCUT2D eigenvalue weighted by molar-refractivity contribution is 0.0996. The van der Waals surface area contributed by atoms with Gasteiger partial charge in [0.15, 0.2) is 5.76 Å². The van der Waals surface area contributed by atoms with Crippen molar-refractivity contribution in [2.75, 3.05) is 18.4 Å². The van der Waals surface area contributed by atoms with Gasteiger partial charge in [-0.1, -0.05) is 19.1 Å². The summed E-state index contributed by atoms with van der Waals surface area (Å²) < 4.78 is 18.8. The number of likely N-dealkylation sites (tertiary alicyclic amines) is 1. The number of halogens is 1. The van der Waals surface area contributed by atoms with Crippen LogP contribution in [0, 0.1) is 18.7 Å². The molecule has 152 valence electrons. The predicted octanol–water partition coefficient (Wildman–Crippen LogP) is 5.86. The van der Waals surface area contributed by atoms with E-state index in [1.165, 1.54) is 18.4 Å². The van der Waals surface area contributed by atoms with Crippen LogP contribution in [0.1, 0.15) is 52.4 Å². The van der Waals surface area contributed by atoms with Crippen molar-refractivity contribution in [3.8, 4) is 0 Å². The van der Waals surface area contributed by atoms with E-state index in [1.54, 1.807) is 23.5 Å². The summed E-state index contributed by atoms with van der Waals surface area (Å²) in [4.78, 5) is 16.2. The van der Waals surface area contributed by atoms with E-state index in [-0.39, 0.29) is 23.5 Å². The second-order valence-corrected chi connectivity index (χ2v) is 9.00. The van der Waals surface area contributed by atoms with Gasteiger partial charge in [0.25, 0.3) is 5.91 Å². The summed E-state index contributed by atoms with van der Waals surface area (Å²) in [5.41, 5.74) is 2.08. The summed E-state index contributed by atoms with van der Waals surface area (Å²) >= 11 is 1.56. The van der Waals surface area contributed by atoms with Crippen LogP contribution in [0.4, 0.5) is 9.39 Å². The minimum absolute atomic E-state index is 0.0278. The average Bonchev–Trinajstić information content (AvgIpc) is 3.35. The van der Waals surface area contributed by atoms with Crippen molar-refractivity contribution in [3.63, 3.8) is 0 Å². The van der Waals surface area contributed by atoms with Gasteiger partial charge in [-0.25, -0.2) is 4.39 Å². The predicted molar refractivity (Wildman–Crippen MR) is 114 cm³/mol. The molecule has 29 heavy (non-hydrogen) atoms.